The fourth-order valence-corrected chi connectivity index (χ4v) is 5.62. The number of aromatic nitrogens is 1. The van der Waals surface area contributed by atoms with Crippen molar-refractivity contribution in [3.05, 3.63) is 48.0 Å². The number of alkyl halides is 2. The molecule has 0 atom stereocenters. The summed E-state index contributed by atoms with van der Waals surface area (Å²) < 4.78 is 58.2. The van der Waals surface area contributed by atoms with Gasteiger partial charge in [-0.2, -0.15) is 14.0 Å². The first-order chi connectivity index (χ1) is 15.3. The van der Waals surface area contributed by atoms with Crippen LogP contribution in [0.25, 0.3) is 22.2 Å². The summed E-state index contributed by atoms with van der Waals surface area (Å²) in [6.07, 6.45) is 1.30. The molecule has 1 aliphatic carbocycles. The lowest BCUT2D eigenvalue weighted by Crippen LogP contribution is -2.42. The van der Waals surface area contributed by atoms with Gasteiger partial charge < -0.3 is 9.30 Å². The number of hydrogen-bond donors (Lipinski definition) is 1. The van der Waals surface area contributed by atoms with Gasteiger partial charge in [0, 0.05) is 25.0 Å². The fraction of sp³-hybridized carbons (Fsp3) is 0.318. The summed E-state index contributed by atoms with van der Waals surface area (Å²) >= 11 is 0. The Balaban J connectivity index is 1.80. The molecule has 1 N–H and O–H groups in total. The quantitative estimate of drug-likeness (QED) is 0.508. The van der Waals surface area contributed by atoms with Crippen molar-refractivity contribution >= 4 is 26.6 Å². The molecule has 1 aliphatic rings. The number of benzene rings is 2. The Morgan fingerprint density at radius 2 is 1.94 bits per heavy atom. The number of rotatable bonds is 8. The van der Waals surface area contributed by atoms with Gasteiger partial charge in [-0.15, -0.1) is 0 Å². The molecule has 32 heavy (non-hydrogen) atoms. The first-order valence-electron chi connectivity index (χ1n) is 10.1. The highest BCUT2D eigenvalue weighted by Crippen LogP contribution is 2.37. The third kappa shape index (κ3) is 3.78. The molecule has 0 bridgehead atoms. The van der Waals surface area contributed by atoms with Gasteiger partial charge in [0.15, 0.2) is 0 Å². The van der Waals surface area contributed by atoms with E-state index in [1.165, 1.54) is 16.5 Å². The molecule has 0 unspecified atom stereocenters. The van der Waals surface area contributed by atoms with Gasteiger partial charge in [0.25, 0.3) is 10.0 Å². The smallest absolute Gasteiger partial charge is 0.387 e. The van der Waals surface area contributed by atoms with E-state index in [-0.39, 0.29) is 11.0 Å². The molecule has 1 aromatic heterocycles. The molecule has 1 saturated carbocycles. The van der Waals surface area contributed by atoms with E-state index in [0.717, 1.165) is 0 Å². The number of aryl methyl sites for hydroxylation is 1. The number of hydrogen-bond acceptors (Lipinski definition) is 5. The van der Waals surface area contributed by atoms with Crippen LogP contribution in [0.3, 0.4) is 0 Å². The molecule has 7 nitrogen and oxygen atoms in total. The van der Waals surface area contributed by atoms with Gasteiger partial charge in [0.05, 0.1) is 27.7 Å². The van der Waals surface area contributed by atoms with E-state index < -0.39 is 16.6 Å². The molecule has 2 aromatic carbocycles. The molecular formula is C22H22F2N4O3S. The van der Waals surface area contributed by atoms with Crippen molar-refractivity contribution in [2.45, 2.75) is 38.2 Å². The van der Waals surface area contributed by atoms with E-state index in [4.69, 9.17) is 0 Å². The molecule has 0 amide bonds. The van der Waals surface area contributed by atoms with Crippen molar-refractivity contribution < 1.29 is 21.9 Å². The van der Waals surface area contributed by atoms with Crippen LogP contribution in [-0.2, 0) is 16.6 Å². The molecule has 4 rings (SSSR count). The normalized spacial score (nSPS) is 14.0. The second kappa shape index (κ2) is 8.41. The summed E-state index contributed by atoms with van der Waals surface area (Å²) in [6.45, 7) is -0.558. The SMILES string of the molecule is CCn1c(-c2ccc(N(NC)S(=O)(=O)C3CC3)cc2)c(C#N)c2ccc(OC(F)F)cc21. The molecule has 1 heterocycles. The largest absolute Gasteiger partial charge is 0.435 e. The first kappa shape index (κ1) is 22.0. The minimum atomic E-state index is -3.48. The third-order valence-electron chi connectivity index (χ3n) is 5.47. The predicted octanol–water partition coefficient (Wildman–Crippen LogP) is 4.23. The third-order valence-corrected chi connectivity index (χ3v) is 7.68. The van der Waals surface area contributed by atoms with Gasteiger partial charge in [-0.3, -0.25) is 0 Å². The van der Waals surface area contributed by atoms with E-state index >= 15 is 0 Å². The zero-order valence-corrected chi connectivity index (χ0v) is 18.4. The summed E-state index contributed by atoms with van der Waals surface area (Å²) in [4.78, 5) is 0. The van der Waals surface area contributed by atoms with Crippen LogP contribution in [0.1, 0.15) is 25.3 Å². The summed E-state index contributed by atoms with van der Waals surface area (Å²) in [7, 11) is -1.93. The molecule has 168 valence electrons. The molecule has 0 aliphatic heterocycles. The summed E-state index contributed by atoms with van der Waals surface area (Å²) in [6, 6.07) is 13.6. The molecule has 3 aromatic rings. The summed E-state index contributed by atoms with van der Waals surface area (Å²) in [5.41, 5.74) is 5.56. The van der Waals surface area contributed by atoms with Crippen molar-refractivity contribution in [2.75, 3.05) is 11.5 Å². The molecule has 0 radical (unpaired) electrons. The number of sulfonamides is 1. The van der Waals surface area contributed by atoms with Gasteiger partial charge in [-0.1, -0.05) is 12.1 Å². The van der Waals surface area contributed by atoms with Crippen molar-refractivity contribution in [1.82, 2.24) is 9.99 Å². The van der Waals surface area contributed by atoms with E-state index in [9.17, 15) is 22.5 Å². The van der Waals surface area contributed by atoms with Crippen LogP contribution < -0.4 is 14.6 Å². The van der Waals surface area contributed by atoms with Crippen LogP contribution in [0, 0.1) is 11.3 Å². The molecule has 0 spiro atoms. The number of fused-ring (bicyclic) bond motifs is 1. The van der Waals surface area contributed by atoms with Crippen molar-refractivity contribution in [1.29, 1.82) is 5.26 Å². The topological polar surface area (TPSA) is 87.4 Å². The Morgan fingerprint density at radius 3 is 2.47 bits per heavy atom. The summed E-state index contributed by atoms with van der Waals surface area (Å²) in [5.74, 6) is 0.0148. The summed E-state index contributed by atoms with van der Waals surface area (Å²) in [5, 5.41) is 10.1. The maximum atomic E-state index is 12.7. The van der Waals surface area contributed by atoms with E-state index in [0.29, 0.717) is 52.8 Å². The maximum absolute atomic E-state index is 12.7. The Bertz CT molecular complexity index is 1290. The molecule has 10 heteroatoms. The maximum Gasteiger partial charge on any atom is 0.387 e. The van der Waals surface area contributed by atoms with E-state index in [1.807, 2.05) is 11.5 Å². The molecule has 0 saturated heterocycles. The van der Waals surface area contributed by atoms with E-state index in [2.05, 4.69) is 16.2 Å². The zero-order valence-electron chi connectivity index (χ0n) is 17.5. The highest BCUT2D eigenvalue weighted by Gasteiger charge is 2.40. The monoisotopic (exact) mass is 460 g/mol. The number of nitrogens with zero attached hydrogens (tertiary/aromatic N) is 3. The van der Waals surface area contributed by atoms with Crippen LogP contribution in [0.2, 0.25) is 0 Å². The first-order valence-corrected chi connectivity index (χ1v) is 11.6. The van der Waals surface area contributed by atoms with Crippen molar-refractivity contribution in [3.63, 3.8) is 0 Å². The Labute approximate surface area is 184 Å². The van der Waals surface area contributed by atoms with Crippen LogP contribution in [0.15, 0.2) is 42.5 Å². The van der Waals surface area contributed by atoms with Crippen LogP contribution in [-0.4, -0.2) is 31.9 Å². The Morgan fingerprint density at radius 1 is 1.25 bits per heavy atom. The van der Waals surface area contributed by atoms with Gasteiger partial charge >= 0.3 is 6.61 Å². The average Bonchev–Trinajstić information content (AvgIpc) is 3.57. The number of nitrogens with one attached hydrogen (secondary N) is 1. The van der Waals surface area contributed by atoms with Gasteiger partial charge in [-0.05, 0) is 49.6 Å². The zero-order chi connectivity index (χ0) is 23.0. The van der Waals surface area contributed by atoms with E-state index in [1.54, 1.807) is 37.4 Å². The van der Waals surface area contributed by atoms with Gasteiger partial charge in [0.2, 0.25) is 0 Å². The lowest BCUT2D eigenvalue weighted by Gasteiger charge is -2.23. The van der Waals surface area contributed by atoms with Crippen molar-refractivity contribution in [2.24, 2.45) is 0 Å². The fourth-order valence-electron chi connectivity index (χ4n) is 3.92. The number of ether oxygens (including phenoxy) is 1. The Kier molecular flexibility index (Phi) is 5.79. The van der Waals surface area contributed by atoms with Gasteiger partial charge in [0.1, 0.15) is 11.8 Å². The lowest BCUT2D eigenvalue weighted by atomic mass is 10.1. The molecular weight excluding hydrogens is 438 g/mol. The van der Waals surface area contributed by atoms with Crippen molar-refractivity contribution in [3.8, 4) is 23.1 Å². The Hall–Kier alpha value is -3.16. The second-order valence-corrected chi connectivity index (χ2v) is 9.48. The molecule has 1 fully saturated rings. The number of anilines is 1. The highest BCUT2D eigenvalue weighted by molar-refractivity contribution is 7.93. The average molecular weight is 461 g/mol. The van der Waals surface area contributed by atoms with Gasteiger partial charge in [-0.25, -0.2) is 18.3 Å². The predicted molar refractivity (Wildman–Crippen MR) is 118 cm³/mol. The number of nitriles is 1. The van der Waals surface area contributed by atoms with Crippen LogP contribution >= 0.6 is 0 Å². The lowest BCUT2D eigenvalue weighted by molar-refractivity contribution is -0.0497. The number of halogens is 2. The minimum Gasteiger partial charge on any atom is -0.435 e. The van der Waals surface area contributed by atoms with Crippen LogP contribution in [0.4, 0.5) is 14.5 Å². The van der Waals surface area contributed by atoms with Crippen LogP contribution in [0.5, 0.6) is 5.75 Å². The second-order valence-electron chi connectivity index (χ2n) is 7.42. The standard InChI is InChI=1S/C22H22F2N4O3S/c1-3-27-20-12-16(31-22(23)24)8-11-18(20)19(13-25)21(27)14-4-6-15(7-5-14)28(26-2)32(29,30)17-9-10-17/h4-8,11-12,17,22,26H,3,9-10H2,1-2H3. The minimum absolute atomic E-state index is 0.0148. The number of hydrazine groups is 1. The highest BCUT2D eigenvalue weighted by atomic mass is 32.2.